The van der Waals surface area contributed by atoms with E-state index in [1.807, 2.05) is 12.3 Å². The summed E-state index contributed by atoms with van der Waals surface area (Å²) in [6.07, 6.45) is 8.60. The minimum absolute atomic E-state index is 0.659. The number of aromatic nitrogens is 1. The van der Waals surface area contributed by atoms with E-state index in [9.17, 15) is 0 Å². The fraction of sp³-hybridized carbons (Fsp3) is 0.643. The highest BCUT2D eigenvalue weighted by atomic mass is 15.2. The smallest absolute Gasteiger partial charge is 0.128 e. The van der Waals surface area contributed by atoms with E-state index in [4.69, 9.17) is 0 Å². The van der Waals surface area contributed by atoms with Crippen LogP contribution in [0, 0.1) is 0 Å². The molecule has 0 bridgehead atoms. The molecule has 0 aromatic carbocycles. The zero-order valence-corrected chi connectivity index (χ0v) is 10.3. The van der Waals surface area contributed by atoms with Gasteiger partial charge < -0.3 is 10.2 Å². The van der Waals surface area contributed by atoms with Crippen molar-refractivity contribution < 1.29 is 0 Å². The Morgan fingerprint density at radius 3 is 2.82 bits per heavy atom. The van der Waals surface area contributed by atoms with Crippen molar-refractivity contribution in [2.24, 2.45) is 0 Å². The van der Waals surface area contributed by atoms with Crippen LogP contribution < -0.4 is 10.2 Å². The van der Waals surface area contributed by atoms with Gasteiger partial charge in [-0.05, 0) is 44.4 Å². The average molecular weight is 231 g/mol. The molecule has 1 atom stereocenters. The van der Waals surface area contributed by atoms with E-state index < -0.39 is 0 Å². The molecule has 3 heteroatoms. The Kier molecular flexibility index (Phi) is 3.27. The lowest BCUT2D eigenvalue weighted by Crippen LogP contribution is -2.44. The maximum absolute atomic E-state index is 4.50. The van der Waals surface area contributed by atoms with Crippen LogP contribution in [0.5, 0.6) is 0 Å². The lowest BCUT2D eigenvalue weighted by atomic mass is 10.0. The molecule has 1 N–H and O–H groups in total. The first kappa shape index (κ1) is 11.0. The summed E-state index contributed by atoms with van der Waals surface area (Å²) in [5, 5.41) is 3.63. The zero-order chi connectivity index (χ0) is 11.5. The summed E-state index contributed by atoms with van der Waals surface area (Å²) in [7, 11) is 0. The second kappa shape index (κ2) is 5.05. The van der Waals surface area contributed by atoms with Crippen LogP contribution >= 0.6 is 0 Å². The largest absolute Gasteiger partial charge is 0.352 e. The summed E-state index contributed by atoms with van der Waals surface area (Å²) in [6.45, 7) is 2.31. The minimum Gasteiger partial charge on any atom is -0.352 e. The molecule has 0 radical (unpaired) electrons. The summed E-state index contributed by atoms with van der Waals surface area (Å²) in [6, 6.07) is 7.63. The van der Waals surface area contributed by atoms with E-state index in [-0.39, 0.29) is 0 Å². The normalized spacial score (nSPS) is 24.6. The van der Waals surface area contributed by atoms with Crippen LogP contribution in [0.1, 0.15) is 32.1 Å². The number of pyridine rings is 1. The molecular formula is C14H21N3. The Morgan fingerprint density at radius 1 is 1.24 bits per heavy atom. The molecule has 1 aromatic heterocycles. The average Bonchev–Trinajstić information content (AvgIpc) is 3.23. The highest BCUT2D eigenvalue weighted by Gasteiger charge is 2.31. The lowest BCUT2D eigenvalue weighted by molar-refractivity contribution is 0.397. The number of anilines is 1. The quantitative estimate of drug-likeness (QED) is 0.861. The van der Waals surface area contributed by atoms with Crippen LogP contribution in [0.3, 0.4) is 0 Å². The molecule has 1 aromatic rings. The van der Waals surface area contributed by atoms with Gasteiger partial charge in [-0.15, -0.1) is 0 Å². The topological polar surface area (TPSA) is 28.2 Å². The predicted molar refractivity (Wildman–Crippen MR) is 70.2 cm³/mol. The van der Waals surface area contributed by atoms with E-state index in [1.165, 1.54) is 38.6 Å². The first-order valence-electron chi connectivity index (χ1n) is 6.84. The number of piperidine rings is 1. The van der Waals surface area contributed by atoms with E-state index in [2.05, 4.69) is 27.3 Å². The third-order valence-electron chi connectivity index (χ3n) is 3.76. The van der Waals surface area contributed by atoms with Crippen LogP contribution in [0.2, 0.25) is 0 Å². The Morgan fingerprint density at radius 2 is 2.18 bits per heavy atom. The molecule has 17 heavy (non-hydrogen) atoms. The molecule has 2 fully saturated rings. The Balaban J connectivity index is 1.67. The molecule has 3 nitrogen and oxygen atoms in total. The molecule has 2 aliphatic rings. The third kappa shape index (κ3) is 2.78. The highest BCUT2D eigenvalue weighted by Crippen LogP contribution is 2.31. The van der Waals surface area contributed by atoms with Crippen molar-refractivity contribution in [2.75, 3.05) is 18.0 Å². The van der Waals surface area contributed by atoms with Crippen LogP contribution in [0.15, 0.2) is 24.4 Å². The fourth-order valence-corrected chi connectivity index (χ4v) is 2.66. The van der Waals surface area contributed by atoms with Gasteiger partial charge in [-0.3, -0.25) is 0 Å². The Labute approximate surface area is 103 Å². The summed E-state index contributed by atoms with van der Waals surface area (Å²) in [4.78, 5) is 7.01. The predicted octanol–water partition coefficient (Wildman–Crippen LogP) is 2.19. The Hall–Kier alpha value is -1.09. The molecule has 1 saturated carbocycles. The Bertz CT molecular complexity index is 342. The molecular weight excluding hydrogens is 210 g/mol. The molecule has 0 amide bonds. The monoisotopic (exact) mass is 231 g/mol. The van der Waals surface area contributed by atoms with Crippen molar-refractivity contribution >= 4 is 5.82 Å². The number of rotatable bonds is 4. The van der Waals surface area contributed by atoms with Crippen molar-refractivity contribution in [1.29, 1.82) is 0 Å². The van der Waals surface area contributed by atoms with Crippen LogP contribution in [0.25, 0.3) is 0 Å². The van der Waals surface area contributed by atoms with E-state index in [0.29, 0.717) is 6.04 Å². The number of hydrogen-bond donors (Lipinski definition) is 1. The second-order valence-electron chi connectivity index (χ2n) is 5.22. The summed E-state index contributed by atoms with van der Waals surface area (Å²) >= 11 is 0. The maximum Gasteiger partial charge on any atom is 0.128 e. The van der Waals surface area contributed by atoms with Gasteiger partial charge >= 0.3 is 0 Å². The first-order valence-corrected chi connectivity index (χ1v) is 6.84. The molecule has 1 saturated heterocycles. The van der Waals surface area contributed by atoms with E-state index in [0.717, 1.165) is 18.4 Å². The van der Waals surface area contributed by atoms with Crippen LogP contribution in [-0.2, 0) is 0 Å². The van der Waals surface area contributed by atoms with Gasteiger partial charge in [-0.25, -0.2) is 4.98 Å². The van der Waals surface area contributed by atoms with Gasteiger partial charge in [-0.1, -0.05) is 12.5 Å². The highest BCUT2D eigenvalue weighted by molar-refractivity contribution is 5.41. The van der Waals surface area contributed by atoms with Crippen molar-refractivity contribution in [1.82, 2.24) is 10.3 Å². The summed E-state index contributed by atoms with van der Waals surface area (Å²) in [5.74, 6) is 1.15. The summed E-state index contributed by atoms with van der Waals surface area (Å²) < 4.78 is 0. The van der Waals surface area contributed by atoms with Gasteiger partial charge in [0.25, 0.3) is 0 Å². The molecule has 2 heterocycles. The van der Waals surface area contributed by atoms with Crippen LogP contribution in [0.4, 0.5) is 5.82 Å². The van der Waals surface area contributed by atoms with Crippen molar-refractivity contribution in [3.63, 3.8) is 0 Å². The van der Waals surface area contributed by atoms with Gasteiger partial charge in [0.1, 0.15) is 5.82 Å². The van der Waals surface area contributed by atoms with E-state index >= 15 is 0 Å². The molecule has 3 rings (SSSR count). The molecule has 1 aliphatic heterocycles. The fourth-order valence-electron chi connectivity index (χ4n) is 2.66. The lowest BCUT2D eigenvalue weighted by Gasteiger charge is -2.31. The number of nitrogens with zero attached hydrogens (tertiary/aromatic N) is 2. The van der Waals surface area contributed by atoms with Gasteiger partial charge in [0.15, 0.2) is 0 Å². The van der Waals surface area contributed by atoms with Gasteiger partial charge in [0.05, 0.1) is 0 Å². The third-order valence-corrected chi connectivity index (χ3v) is 3.76. The SMILES string of the molecule is c1ccc(N(CC2CCCCN2)C2CC2)nc1. The molecule has 1 aliphatic carbocycles. The minimum atomic E-state index is 0.659. The second-order valence-corrected chi connectivity index (χ2v) is 5.22. The van der Waals surface area contributed by atoms with Crippen molar-refractivity contribution in [3.05, 3.63) is 24.4 Å². The summed E-state index contributed by atoms with van der Waals surface area (Å²) in [5.41, 5.74) is 0. The number of nitrogens with one attached hydrogen (secondary N) is 1. The van der Waals surface area contributed by atoms with Crippen molar-refractivity contribution in [2.45, 2.75) is 44.2 Å². The van der Waals surface area contributed by atoms with Crippen molar-refractivity contribution in [3.8, 4) is 0 Å². The first-order chi connectivity index (χ1) is 8.43. The molecule has 92 valence electrons. The molecule has 1 unspecified atom stereocenters. The standard InChI is InChI=1S/C14H21N3/c1-3-9-15-12(5-1)11-17(13-7-8-13)14-6-2-4-10-16-14/h2,4,6,10,12-13,15H,1,3,5,7-9,11H2. The van der Waals surface area contributed by atoms with Gasteiger partial charge in [-0.2, -0.15) is 0 Å². The zero-order valence-electron chi connectivity index (χ0n) is 10.3. The van der Waals surface area contributed by atoms with E-state index in [1.54, 1.807) is 0 Å². The van der Waals surface area contributed by atoms with Crippen LogP contribution in [-0.4, -0.2) is 30.2 Å². The molecule has 0 spiro atoms. The van der Waals surface area contributed by atoms with Gasteiger partial charge in [0, 0.05) is 24.8 Å². The number of hydrogen-bond acceptors (Lipinski definition) is 3. The van der Waals surface area contributed by atoms with Gasteiger partial charge in [0.2, 0.25) is 0 Å². The maximum atomic E-state index is 4.50.